The zero-order valence-corrected chi connectivity index (χ0v) is 17.1. The van der Waals surface area contributed by atoms with Gasteiger partial charge in [0.1, 0.15) is 9.88 Å². The SMILES string of the molecule is O=C(NCC1CCCO1)Nc1ccc(NC(=O)c2cnc(-c3cccs3)s2)cc1. The summed E-state index contributed by atoms with van der Waals surface area (Å²) in [7, 11) is 0. The Kier molecular flexibility index (Phi) is 6.18. The molecule has 3 N–H and O–H groups in total. The number of anilines is 2. The highest BCUT2D eigenvalue weighted by Gasteiger charge is 2.16. The maximum atomic E-state index is 12.4. The van der Waals surface area contributed by atoms with E-state index < -0.39 is 0 Å². The fourth-order valence-corrected chi connectivity index (χ4v) is 4.53. The molecule has 0 spiro atoms. The normalized spacial score (nSPS) is 15.8. The molecule has 1 fully saturated rings. The van der Waals surface area contributed by atoms with E-state index in [9.17, 15) is 9.59 Å². The molecule has 3 aromatic rings. The van der Waals surface area contributed by atoms with Crippen LogP contribution in [-0.4, -0.2) is 36.2 Å². The van der Waals surface area contributed by atoms with Crippen LogP contribution in [0, 0.1) is 0 Å². The highest BCUT2D eigenvalue weighted by Crippen LogP contribution is 2.29. The van der Waals surface area contributed by atoms with Crippen LogP contribution in [0.1, 0.15) is 22.5 Å². The molecule has 1 saturated heterocycles. The van der Waals surface area contributed by atoms with Gasteiger partial charge in [-0.1, -0.05) is 6.07 Å². The van der Waals surface area contributed by atoms with Crippen LogP contribution in [0.15, 0.2) is 48.0 Å². The van der Waals surface area contributed by atoms with Crippen molar-refractivity contribution in [3.63, 3.8) is 0 Å². The average Bonchev–Trinajstić information content (AvgIpc) is 3.49. The molecule has 0 bridgehead atoms. The maximum absolute atomic E-state index is 12.4. The van der Waals surface area contributed by atoms with Crippen molar-refractivity contribution in [1.82, 2.24) is 10.3 Å². The first-order valence-electron chi connectivity index (χ1n) is 9.25. The number of thiazole rings is 1. The second kappa shape index (κ2) is 9.17. The van der Waals surface area contributed by atoms with Crippen molar-refractivity contribution in [3.05, 3.63) is 52.9 Å². The topological polar surface area (TPSA) is 92.4 Å². The Hall–Kier alpha value is -2.75. The van der Waals surface area contributed by atoms with Gasteiger partial charge in [0, 0.05) is 24.5 Å². The molecule has 1 aliphatic rings. The quantitative estimate of drug-likeness (QED) is 0.542. The number of nitrogens with zero attached hydrogens (tertiary/aromatic N) is 1. The second-order valence-corrected chi connectivity index (χ2v) is 8.49. The maximum Gasteiger partial charge on any atom is 0.319 e. The van der Waals surface area contributed by atoms with E-state index in [1.807, 2.05) is 17.5 Å². The van der Waals surface area contributed by atoms with Crippen molar-refractivity contribution in [2.24, 2.45) is 0 Å². The Morgan fingerprint density at radius 1 is 1.14 bits per heavy atom. The molecule has 1 atom stereocenters. The zero-order valence-electron chi connectivity index (χ0n) is 15.5. The monoisotopic (exact) mass is 428 g/mol. The van der Waals surface area contributed by atoms with Gasteiger partial charge in [-0.15, -0.1) is 22.7 Å². The van der Waals surface area contributed by atoms with Crippen molar-refractivity contribution in [1.29, 1.82) is 0 Å². The van der Waals surface area contributed by atoms with Gasteiger partial charge in [0.05, 0.1) is 17.2 Å². The molecule has 0 saturated carbocycles. The Balaban J connectivity index is 1.28. The molecule has 1 aromatic carbocycles. The van der Waals surface area contributed by atoms with Crippen LogP contribution in [0.2, 0.25) is 0 Å². The van der Waals surface area contributed by atoms with E-state index in [-0.39, 0.29) is 18.0 Å². The number of nitrogens with one attached hydrogen (secondary N) is 3. The van der Waals surface area contributed by atoms with E-state index in [1.54, 1.807) is 41.8 Å². The standard InChI is InChI=1S/C20H20N4O3S2/c25-18(17-12-21-19(29-17)16-4-2-10-28-16)23-13-5-7-14(8-6-13)24-20(26)22-11-15-3-1-9-27-15/h2,4-8,10,12,15H,1,3,9,11H2,(H,23,25)(H2,22,24,26). The number of amides is 3. The zero-order chi connectivity index (χ0) is 20.1. The summed E-state index contributed by atoms with van der Waals surface area (Å²) in [5, 5.41) is 11.2. The fraction of sp³-hybridized carbons (Fsp3) is 0.250. The van der Waals surface area contributed by atoms with Gasteiger partial charge in [0.2, 0.25) is 0 Å². The number of urea groups is 1. The number of carbonyl (C=O) groups excluding carboxylic acids is 2. The highest BCUT2D eigenvalue weighted by molar-refractivity contribution is 7.22. The molecule has 2 aromatic heterocycles. The van der Waals surface area contributed by atoms with E-state index in [2.05, 4.69) is 20.9 Å². The van der Waals surface area contributed by atoms with E-state index in [0.29, 0.717) is 22.8 Å². The molecule has 150 valence electrons. The van der Waals surface area contributed by atoms with Crippen molar-refractivity contribution in [3.8, 4) is 9.88 Å². The van der Waals surface area contributed by atoms with Gasteiger partial charge in [-0.25, -0.2) is 9.78 Å². The lowest BCUT2D eigenvalue weighted by Crippen LogP contribution is -2.35. The van der Waals surface area contributed by atoms with Crippen LogP contribution in [0.5, 0.6) is 0 Å². The molecule has 1 unspecified atom stereocenters. The summed E-state index contributed by atoms with van der Waals surface area (Å²) in [6.45, 7) is 1.26. The molecule has 3 heterocycles. The minimum absolute atomic E-state index is 0.102. The number of carbonyl (C=O) groups is 2. The number of hydrogen-bond donors (Lipinski definition) is 3. The third-order valence-corrected chi connectivity index (χ3v) is 6.41. The lowest BCUT2D eigenvalue weighted by Gasteiger charge is -2.12. The summed E-state index contributed by atoms with van der Waals surface area (Å²) >= 11 is 2.95. The number of aromatic nitrogens is 1. The van der Waals surface area contributed by atoms with Gasteiger partial charge in [-0.3, -0.25) is 4.79 Å². The molecule has 1 aliphatic heterocycles. The highest BCUT2D eigenvalue weighted by atomic mass is 32.1. The van der Waals surface area contributed by atoms with E-state index in [0.717, 1.165) is 29.3 Å². The summed E-state index contributed by atoms with van der Waals surface area (Å²) in [6.07, 6.45) is 3.70. The predicted octanol–water partition coefficient (Wildman–Crippen LogP) is 4.42. The third-order valence-electron chi connectivity index (χ3n) is 4.38. The van der Waals surface area contributed by atoms with E-state index in [1.165, 1.54) is 11.3 Å². The molecule has 0 aliphatic carbocycles. The number of benzene rings is 1. The van der Waals surface area contributed by atoms with Gasteiger partial charge in [0.15, 0.2) is 0 Å². The van der Waals surface area contributed by atoms with Crippen LogP contribution >= 0.6 is 22.7 Å². The molecule has 0 radical (unpaired) electrons. The Morgan fingerprint density at radius 2 is 1.93 bits per heavy atom. The molecule has 7 nitrogen and oxygen atoms in total. The number of hydrogen-bond acceptors (Lipinski definition) is 6. The second-order valence-electron chi connectivity index (χ2n) is 6.51. The Labute approximate surface area is 176 Å². The summed E-state index contributed by atoms with van der Waals surface area (Å²) in [4.78, 5) is 30.3. The predicted molar refractivity (Wildman–Crippen MR) is 116 cm³/mol. The fourth-order valence-electron chi connectivity index (χ4n) is 2.91. The van der Waals surface area contributed by atoms with E-state index >= 15 is 0 Å². The van der Waals surface area contributed by atoms with Gasteiger partial charge in [0.25, 0.3) is 5.91 Å². The van der Waals surface area contributed by atoms with Crippen molar-refractivity contribution >= 4 is 46.0 Å². The molecular formula is C20H20N4O3S2. The van der Waals surface area contributed by atoms with Crippen LogP contribution in [0.25, 0.3) is 9.88 Å². The molecule has 3 amide bonds. The van der Waals surface area contributed by atoms with Crippen LogP contribution in [0.3, 0.4) is 0 Å². The molecule has 9 heteroatoms. The largest absolute Gasteiger partial charge is 0.376 e. The molecule has 4 rings (SSSR count). The van der Waals surface area contributed by atoms with Gasteiger partial charge in [-0.2, -0.15) is 0 Å². The van der Waals surface area contributed by atoms with Crippen molar-refractivity contribution < 1.29 is 14.3 Å². The van der Waals surface area contributed by atoms with Gasteiger partial charge >= 0.3 is 6.03 Å². The summed E-state index contributed by atoms with van der Waals surface area (Å²) in [6, 6.07) is 10.6. The number of thiophene rings is 1. The summed E-state index contributed by atoms with van der Waals surface area (Å²) in [5.74, 6) is -0.208. The molecular weight excluding hydrogens is 408 g/mol. The van der Waals surface area contributed by atoms with Crippen molar-refractivity contribution in [2.45, 2.75) is 18.9 Å². The van der Waals surface area contributed by atoms with Crippen LogP contribution < -0.4 is 16.0 Å². The first-order valence-corrected chi connectivity index (χ1v) is 10.9. The minimum Gasteiger partial charge on any atom is -0.376 e. The lowest BCUT2D eigenvalue weighted by molar-refractivity contribution is 0.103. The summed E-state index contributed by atoms with van der Waals surface area (Å²) < 4.78 is 5.48. The van der Waals surface area contributed by atoms with E-state index in [4.69, 9.17) is 4.74 Å². The van der Waals surface area contributed by atoms with Crippen LogP contribution in [0.4, 0.5) is 16.2 Å². The number of ether oxygens (including phenoxy) is 1. The molecule has 29 heavy (non-hydrogen) atoms. The van der Waals surface area contributed by atoms with Gasteiger partial charge in [-0.05, 0) is 48.6 Å². The first kappa shape index (κ1) is 19.6. The van der Waals surface area contributed by atoms with Crippen LogP contribution in [-0.2, 0) is 4.74 Å². The third kappa shape index (κ3) is 5.20. The van der Waals surface area contributed by atoms with Crippen molar-refractivity contribution in [2.75, 3.05) is 23.8 Å². The minimum atomic E-state index is -0.275. The smallest absolute Gasteiger partial charge is 0.319 e. The lowest BCUT2D eigenvalue weighted by atomic mass is 10.2. The first-order chi connectivity index (χ1) is 14.2. The Bertz CT molecular complexity index is 964. The van der Waals surface area contributed by atoms with Gasteiger partial charge < -0.3 is 20.7 Å². The summed E-state index contributed by atoms with van der Waals surface area (Å²) in [5.41, 5.74) is 1.29. The number of rotatable bonds is 6. The Morgan fingerprint density at radius 3 is 2.62 bits per heavy atom. The average molecular weight is 429 g/mol.